The lowest BCUT2D eigenvalue weighted by atomic mass is 9.71. The lowest BCUT2D eigenvalue weighted by molar-refractivity contribution is -0.154. The lowest BCUT2D eigenvalue weighted by Crippen LogP contribution is -2.56. The van der Waals surface area contributed by atoms with E-state index in [0.717, 1.165) is 10.6 Å². The van der Waals surface area contributed by atoms with E-state index in [4.69, 9.17) is 0 Å². The Morgan fingerprint density at radius 2 is 2.19 bits per heavy atom. The minimum Gasteiger partial charge on any atom is -0.391 e. The van der Waals surface area contributed by atoms with Gasteiger partial charge in [-0.25, -0.2) is 0 Å². The van der Waals surface area contributed by atoms with E-state index in [-0.39, 0.29) is 11.8 Å². The van der Waals surface area contributed by atoms with Gasteiger partial charge in [-0.3, -0.25) is 14.7 Å². The SMILES string of the molecule is CN1CC(O)CC2(CCN(C(=O)c3cn[nH]c3-c3cccs3)CC2)C1=O. The van der Waals surface area contributed by atoms with Crippen molar-refractivity contribution < 1.29 is 14.7 Å². The monoisotopic (exact) mass is 374 g/mol. The molecule has 0 bridgehead atoms. The van der Waals surface area contributed by atoms with Crippen LogP contribution in [0.15, 0.2) is 23.7 Å². The zero-order chi connectivity index (χ0) is 18.3. The smallest absolute Gasteiger partial charge is 0.257 e. The summed E-state index contributed by atoms with van der Waals surface area (Å²) >= 11 is 1.56. The minimum atomic E-state index is -0.532. The summed E-state index contributed by atoms with van der Waals surface area (Å²) in [5.74, 6) is 0.0339. The first-order chi connectivity index (χ1) is 12.5. The Bertz CT molecular complexity index is 808. The number of amides is 2. The van der Waals surface area contributed by atoms with Crippen LogP contribution in [0.2, 0.25) is 0 Å². The van der Waals surface area contributed by atoms with Crippen molar-refractivity contribution in [2.75, 3.05) is 26.7 Å². The third kappa shape index (κ3) is 2.83. The molecule has 2 saturated heterocycles. The number of aliphatic hydroxyl groups is 1. The van der Waals surface area contributed by atoms with Gasteiger partial charge in [0, 0.05) is 26.7 Å². The Balaban J connectivity index is 1.50. The average Bonchev–Trinajstić information content (AvgIpc) is 3.30. The van der Waals surface area contributed by atoms with Crippen molar-refractivity contribution in [1.82, 2.24) is 20.0 Å². The molecule has 2 aromatic rings. The molecule has 0 radical (unpaired) electrons. The minimum absolute atomic E-state index is 0.0610. The number of piperidine rings is 2. The second-order valence-electron chi connectivity index (χ2n) is 7.25. The Morgan fingerprint density at radius 3 is 2.88 bits per heavy atom. The molecule has 2 aliphatic heterocycles. The Hall–Kier alpha value is -2.19. The van der Waals surface area contributed by atoms with Crippen molar-refractivity contribution >= 4 is 23.2 Å². The maximum Gasteiger partial charge on any atom is 0.257 e. The molecule has 0 aliphatic carbocycles. The van der Waals surface area contributed by atoms with E-state index < -0.39 is 11.5 Å². The van der Waals surface area contributed by atoms with E-state index in [2.05, 4.69) is 10.2 Å². The Labute approximate surface area is 155 Å². The van der Waals surface area contributed by atoms with Crippen LogP contribution in [0.25, 0.3) is 10.6 Å². The molecule has 2 aromatic heterocycles. The fourth-order valence-electron chi connectivity index (χ4n) is 4.19. The summed E-state index contributed by atoms with van der Waals surface area (Å²) in [7, 11) is 1.74. The van der Waals surface area contributed by atoms with Crippen molar-refractivity contribution in [2.45, 2.75) is 25.4 Å². The van der Waals surface area contributed by atoms with E-state index >= 15 is 0 Å². The molecule has 1 spiro atoms. The second kappa shape index (κ2) is 6.51. The van der Waals surface area contributed by atoms with Crippen LogP contribution in [0.5, 0.6) is 0 Å². The molecule has 2 amide bonds. The number of aromatic nitrogens is 2. The number of aromatic amines is 1. The standard InChI is InChI=1S/C18H22N4O3S/c1-21-11-12(23)9-18(17(21)25)4-6-22(7-5-18)16(24)13-10-19-20-15(13)14-3-2-8-26-14/h2-3,8,10,12,23H,4-7,9,11H2,1H3,(H,19,20). The maximum atomic E-state index is 13.0. The zero-order valence-corrected chi connectivity index (χ0v) is 15.5. The van der Waals surface area contributed by atoms with Crippen LogP contribution in [0.3, 0.4) is 0 Å². The van der Waals surface area contributed by atoms with Gasteiger partial charge < -0.3 is 14.9 Å². The van der Waals surface area contributed by atoms with Crippen molar-refractivity contribution in [3.63, 3.8) is 0 Å². The molecule has 1 unspecified atom stereocenters. The fraction of sp³-hybridized carbons (Fsp3) is 0.500. The molecule has 4 heterocycles. The summed E-state index contributed by atoms with van der Waals surface area (Å²) in [5, 5.41) is 19.0. The molecule has 7 nitrogen and oxygen atoms in total. The van der Waals surface area contributed by atoms with E-state index in [0.29, 0.717) is 44.5 Å². The number of H-pyrrole nitrogens is 1. The molecule has 138 valence electrons. The van der Waals surface area contributed by atoms with E-state index in [9.17, 15) is 14.7 Å². The van der Waals surface area contributed by atoms with Crippen LogP contribution in [0, 0.1) is 5.41 Å². The Morgan fingerprint density at radius 1 is 1.42 bits per heavy atom. The number of carbonyl (C=O) groups is 2. The van der Waals surface area contributed by atoms with Gasteiger partial charge in [-0.15, -0.1) is 11.3 Å². The summed E-state index contributed by atoms with van der Waals surface area (Å²) in [6, 6.07) is 3.90. The lowest BCUT2D eigenvalue weighted by Gasteiger charge is -2.46. The van der Waals surface area contributed by atoms with Crippen molar-refractivity contribution in [3.05, 3.63) is 29.3 Å². The number of hydrogen-bond acceptors (Lipinski definition) is 5. The second-order valence-corrected chi connectivity index (χ2v) is 8.20. The molecule has 2 aliphatic rings. The molecule has 2 N–H and O–H groups in total. The summed E-state index contributed by atoms with van der Waals surface area (Å²) in [4.78, 5) is 30.0. The molecule has 1 atom stereocenters. The van der Waals surface area contributed by atoms with Crippen LogP contribution < -0.4 is 0 Å². The van der Waals surface area contributed by atoms with Gasteiger partial charge in [0.2, 0.25) is 5.91 Å². The summed E-state index contributed by atoms with van der Waals surface area (Å²) < 4.78 is 0. The highest BCUT2D eigenvalue weighted by molar-refractivity contribution is 7.13. The Kier molecular flexibility index (Phi) is 4.32. The number of likely N-dealkylation sites (N-methyl/N-ethyl adjacent to an activating group) is 1. The highest BCUT2D eigenvalue weighted by Crippen LogP contribution is 2.41. The van der Waals surface area contributed by atoms with Crippen molar-refractivity contribution in [1.29, 1.82) is 0 Å². The number of nitrogens with one attached hydrogen (secondary N) is 1. The number of nitrogens with zero attached hydrogens (tertiary/aromatic N) is 3. The number of β-amino-alcohol motifs (C(OH)–C–C–N with tert-alkyl or cyclic N) is 1. The summed E-state index contributed by atoms with van der Waals surface area (Å²) in [6.45, 7) is 1.42. The van der Waals surface area contributed by atoms with Crippen LogP contribution in [0.1, 0.15) is 29.6 Å². The highest BCUT2D eigenvalue weighted by Gasteiger charge is 2.48. The highest BCUT2D eigenvalue weighted by atomic mass is 32.1. The number of carbonyl (C=O) groups excluding carboxylic acids is 2. The van der Waals surface area contributed by atoms with Gasteiger partial charge in [0.05, 0.1) is 33.9 Å². The van der Waals surface area contributed by atoms with Gasteiger partial charge in [-0.05, 0) is 30.7 Å². The van der Waals surface area contributed by atoms with Gasteiger partial charge in [-0.2, -0.15) is 5.10 Å². The van der Waals surface area contributed by atoms with Crippen LogP contribution in [-0.2, 0) is 4.79 Å². The van der Waals surface area contributed by atoms with Gasteiger partial charge in [0.15, 0.2) is 0 Å². The molecule has 4 rings (SSSR count). The van der Waals surface area contributed by atoms with Gasteiger partial charge in [-0.1, -0.05) is 6.07 Å². The van der Waals surface area contributed by atoms with E-state index in [1.54, 1.807) is 34.4 Å². The first-order valence-electron chi connectivity index (χ1n) is 8.80. The largest absolute Gasteiger partial charge is 0.391 e. The van der Waals surface area contributed by atoms with Crippen LogP contribution in [0.4, 0.5) is 0 Å². The van der Waals surface area contributed by atoms with Gasteiger partial charge >= 0.3 is 0 Å². The number of likely N-dealkylation sites (tertiary alicyclic amines) is 2. The van der Waals surface area contributed by atoms with E-state index in [1.165, 1.54) is 0 Å². The fourth-order valence-corrected chi connectivity index (χ4v) is 4.92. The van der Waals surface area contributed by atoms with Crippen LogP contribution in [-0.4, -0.2) is 69.7 Å². The predicted octanol–water partition coefficient (Wildman–Crippen LogP) is 1.58. The number of aliphatic hydroxyl groups excluding tert-OH is 1. The maximum absolute atomic E-state index is 13.0. The molecule has 26 heavy (non-hydrogen) atoms. The number of thiophene rings is 1. The normalized spacial score (nSPS) is 22.8. The molecule has 2 fully saturated rings. The summed E-state index contributed by atoms with van der Waals surface area (Å²) in [5.41, 5.74) is 0.778. The zero-order valence-electron chi connectivity index (χ0n) is 14.6. The number of hydrogen-bond donors (Lipinski definition) is 2. The molecular weight excluding hydrogens is 352 g/mol. The van der Waals surface area contributed by atoms with Gasteiger partial charge in [0.1, 0.15) is 0 Å². The van der Waals surface area contributed by atoms with Gasteiger partial charge in [0.25, 0.3) is 5.91 Å². The molecule has 0 saturated carbocycles. The van der Waals surface area contributed by atoms with Crippen molar-refractivity contribution in [2.24, 2.45) is 5.41 Å². The predicted molar refractivity (Wildman–Crippen MR) is 97.7 cm³/mol. The van der Waals surface area contributed by atoms with Crippen molar-refractivity contribution in [3.8, 4) is 10.6 Å². The third-order valence-corrected chi connectivity index (χ3v) is 6.44. The van der Waals surface area contributed by atoms with Crippen LogP contribution >= 0.6 is 11.3 Å². The topological polar surface area (TPSA) is 89.5 Å². The van der Waals surface area contributed by atoms with E-state index in [1.807, 2.05) is 17.5 Å². The molecule has 0 aromatic carbocycles. The quantitative estimate of drug-likeness (QED) is 0.835. The first kappa shape index (κ1) is 17.2. The first-order valence-corrected chi connectivity index (χ1v) is 9.68. The number of rotatable bonds is 2. The molecule has 8 heteroatoms. The molecular formula is C18H22N4O3S. The third-order valence-electron chi connectivity index (χ3n) is 5.56. The average molecular weight is 374 g/mol. The summed E-state index contributed by atoms with van der Waals surface area (Å²) in [6.07, 6.45) is 2.76.